The fourth-order valence-corrected chi connectivity index (χ4v) is 4.25. The zero-order chi connectivity index (χ0) is 20.5. The van der Waals surface area contributed by atoms with Crippen LogP contribution in [-0.4, -0.2) is 47.4 Å². The molecule has 0 unspecified atom stereocenters. The van der Waals surface area contributed by atoms with Gasteiger partial charge in [-0.2, -0.15) is 0 Å². The van der Waals surface area contributed by atoms with E-state index in [1.54, 1.807) is 6.07 Å². The summed E-state index contributed by atoms with van der Waals surface area (Å²) < 4.78 is 55.5. The van der Waals surface area contributed by atoms with E-state index in [9.17, 15) is 17.2 Å². The van der Waals surface area contributed by atoms with E-state index in [1.807, 2.05) is 23.3 Å². The summed E-state index contributed by atoms with van der Waals surface area (Å²) in [5.41, 5.74) is 0.316. The van der Waals surface area contributed by atoms with Crippen LogP contribution in [0.15, 0.2) is 18.2 Å². The van der Waals surface area contributed by atoms with Gasteiger partial charge in [0.2, 0.25) is 10.0 Å². The number of nitrogens with zero attached hydrogens (tertiary/aromatic N) is 4. The Morgan fingerprint density at radius 1 is 1.18 bits per heavy atom. The number of hydrogen-bond donors (Lipinski definition) is 1. The van der Waals surface area contributed by atoms with Crippen molar-refractivity contribution in [1.82, 2.24) is 24.4 Å². The molecule has 1 aromatic heterocycles. The molecule has 2 aromatic rings. The van der Waals surface area contributed by atoms with Crippen molar-refractivity contribution < 1.29 is 17.2 Å². The topological polar surface area (TPSA) is 80.1 Å². The summed E-state index contributed by atoms with van der Waals surface area (Å²) >= 11 is 0. The van der Waals surface area contributed by atoms with Gasteiger partial charge in [-0.15, -0.1) is 10.2 Å². The monoisotopic (exact) mass is 413 g/mol. The van der Waals surface area contributed by atoms with Gasteiger partial charge < -0.3 is 4.57 Å². The second-order valence-corrected chi connectivity index (χ2v) is 9.26. The predicted octanol–water partition coefficient (Wildman–Crippen LogP) is 1.86. The minimum absolute atomic E-state index is 0.0104. The molecule has 1 atom stereocenters. The SMILES string of the molecule is CC(C)[C@@H](NS(C)(=O)=O)c1nnc2n1CCN(Cc1cccc(F)c1F)CC2. The number of aromatic nitrogens is 3. The fraction of sp³-hybridized carbons (Fsp3) is 0.556. The Labute approximate surface area is 163 Å². The lowest BCUT2D eigenvalue weighted by atomic mass is 10.1. The van der Waals surface area contributed by atoms with Gasteiger partial charge in [0.1, 0.15) is 5.82 Å². The first-order valence-corrected chi connectivity index (χ1v) is 11.1. The molecule has 7 nitrogen and oxygen atoms in total. The Balaban J connectivity index is 1.78. The number of rotatable bonds is 6. The average Bonchev–Trinajstić information content (AvgIpc) is 2.90. The number of nitrogens with one attached hydrogen (secondary N) is 1. The molecule has 0 spiro atoms. The largest absolute Gasteiger partial charge is 0.312 e. The van der Waals surface area contributed by atoms with Gasteiger partial charge >= 0.3 is 0 Å². The fourth-order valence-electron chi connectivity index (χ4n) is 3.41. The molecule has 28 heavy (non-hydrogen) atoms. The summed E-state index contributed by atoms with van der Waals surface area (Å²) in [4.78, 5) is 2.03. The second-order valence-electron chi connectivity index (χ2n) is 7.48. The van der Waals surface area contributed by atoms with Crippen LogP contribution in [0.4, 0.5) is 8.78 Å². The third-order valence-electron chi connectivity index (χ3n) is 4.86. The Hall–Kier alpha value is -1.91. The molecule has 2 heterocycles. The van der Waals surface area contributed by atoms with Crippen LogP contribution in [0.3, 0.4) is 0 Å². The van der Waals surface area contributed by atoms with Gasteiger partial charge in [0.25, 0.3) is 0 Å². The lowest BCUT2D eigenvalue weighted by Crippen LogP contribution is -2.33. The Kier molecular flexibility index (Phi) is 6.11. The first-order valence-electron chi connectivity index (χ1n) is 9.20. The zero-order valence-corrected chi connectivity index (χ0v) is 17.0. The maximum absolute atomic E-state index is 14.0. The molecule has 0 aliphatic carbocycles. The van der Waals surface area contributed by atoms with Gasteiger partial charge in [0.05, 0.1) is 12.3 Å². The molecule has 0 radical (unpaired) electrons. The normalized spacial score (nSPS) is 16.8. The van der Waals surface area contributed by atoms with Crippen molar-refractivity contribution >= 4 is 10.0 Å². The number of hydrogen-bond acceptors (Lipinski definition) is 5. The molecule has 1 aliphatic rings. The van der Waals surface area contributed by atoms with Crippen LogP contribution in [-0.2, 0) is 29.5 Å². The van der Waals surface area contributed by atoms with Gasteiger partial charge in [-0.25, -0.2) is 21.9 Å². The first-order chi connectivity index (χ1) is 13.2. The molecule has 154 valence electrons. The van der Waals surface area contributed by atoms with E-state index in [2.05, 4.69) is 14.9 Å². The summed E-state index contributed by atoms with van der Waals surface area (Å²) in [7, 11) is -3.41. The molecule has 0 bridgehead atoms. The summed E-state index contributed by atoms with van der Waals surface area (Å²) in [6.45, 7) is 5.90. The highest BCUT2D eigenvalue weighted by molar-refractivity contribution is 7.88. The lowest BCUT2D eigenvalue weighted by Gasteiger charge is -2.22. The number of sulfonamides is 1. The van der Waals surface area contributed by atoms with Crippen molar-refractivity contribution in [2.24, 2.45) is 5.92 Å². The number of benzene rings is 1. The highest BCUT2D eigenvalue weighted by atomic mass is 32.2. The van der Waals surface area contributed by atoms with Crippen LogP contribution in [0.25, 0.3) is 0 Å². The van der Waals surface area contributed by atoms with Crippen LogP contribution < -0.4 is 4.72 Å². The minimum atomic E-state index is -3.41. The molecular weight excluding hydrogens is 388 g/mol. The van der Waals surface area contributed by atoms with Crippen molar-refractivity contribution in [3.05, 3.63) is 47.0 Å². The summed E-state index contributed by atoms with van der Waals surface area (Å²) in [5.74, 6) is -0.335. The van der Waals surface area contributed by atoms with Gasteiger partial charge in [0, 0.05) is 38.2 Å². The molecule has 1 aliphatic heterocycles. The zero-order valence-electron chi connectivity index (χ0n) is 16.2. The maximum atomic E-state index is 14.0. The van der Waals surface area contributed by atoms with Gasteiger partial charge in [0.15, 0.2) is 17.5 Å². The standard InChI is InChI=1S/C18H25F2N5O2S/c1-12(2)17(23-28(3,26)27)18-22-21-15-7-8-24(9-10-25(15)18)11-13-5-4-6-14(19)16(13)20/h4-6,12,17,23H,7-11H2,1-3H3/t17-/m1/s1. The van der Waals surface area contributed by atoms with E-state index in [-0.39, 0.29) is 5.92 Å². The van der Waals surface area contributed by atoms with E-state index in [4.69, 9.17) is 0 Å². The molecule has 0 saturated heterocycles. The van der Waals surface area contributed by atoms with Crippen LogP contribution in [0.2, 0.25) is 0 Å². The summed E-state index contributed by atoms with van der Waals surface area (Å²) in [6.07, 6.45) is 1.71. The van der Waals surface area contributed by atoms with Crippen LogP contribution in [0.1, 0.15) is 37.1 Å². The molecule has 0 amide bonds. The molecule has 0 fully saturated rings. The van der Waals surface area contributed by atoms with E-state index >= 15 is 0 Å². The first kappa shape index (κ1) is 20.8. The highest BCUT2D eigenvalue weighted by Gasteiger charge is 2.28. The van der Waals surface area contributed by atoms with E-state index in [0.29, 0.717) is 44.0 Å². The van der Waals surface area contributed by atoms with Gasteiger partial charge in [-0.1, -0.05) is 26.0 Å². The molecule has 0 saturated carbocycles. The van der Waals surface area contributed by atoms with Gasteiger partial charge in [-0.3, -0.25) is 4.90 Å². The highest BCUT2D eigenvalue weighted by Crippen LogP contribution is 2.23. The Morgan fingerprint density at radius 3 is 2.61 bits per heavy atom. The smallest absolute Gasteiger partial charge is 0.209 e. The van der Waals surface area contributed by atoms with Crippen LogP contribution in [0, 0.1) is 17.6 Å². The number of fused-ring (bicyclic) bond motifs is 1. The van der Waals surface area contributed by atoms with Crippen LogP contribution >= 0.6 is 0 Å². The molecule has 3 rings (SSSR count). The Morgan fingerprint density at radius 2 is 1.93 bits per heavy atom. The van der Waals surface area contributed by atoms with Gasteiger partial charge in [-0.05, 0) is 12.0 Å². The Bertz CT molecular complexity index is 945. The molecule has 1 aromatic carbocycles. The van der Waals surface area contributed by atoms with Crippen LogP contribution in [0.5, 0.6) is 0 Å². The molecular formula is C18H25F2N5O2S. The second kappa shape index (κ2) is 8.22. The van der Waals surface area contributed by atoms with Crippen molar-refractivity contribution in [3.8, 4) is 0 Å². The summed E-state index contributed by atoms with van der Waals surface area (Å²) in [6, 6.07) is 3.71. The van der Waals surface area contributed by atoms with Crippen molar-refractivity contribution in [3.63, 3.8) is 0 Å². The number of halogens is 2. The van der Waals surface area contributed by atoms with E-state index in [1.165, 1.54) is 6.07 Å². The maximum Gasteiger partial charge on any atom is 0.209 e. The van der Waals surface area contributed by atoms with Crippen molar-refractivity contribution in [2.45, 2.75) is 39.4 Å². The van der Waals surface area contributed by atoms with E-state index < -0.39 is 27.7 Å². The molecule has 1 N–H and O–H groups in total. The van der Waals surface area contributed by atoms with Crippen molar-refractivity contribution in [1.29, 1.82) is 0 Å². The minimum Gasteiger partial charge on any atom is -0.312 e. The lowest BCUT2D eigenvalue weighted by molar-refractivity contribution is 0.264. The third-order valence-corrected chi connectivity index (χ3v) is 5.54. The third kappa shape index (κ3) is 4.73. The quantitative estimate of drug-likeness (QED) is 0.782. The molecule has 10 heteroatoms. The average molecular weight is 413 g/mol. The van der Waals surface area contributed by atoms with E-state index in [0.717, 1.165) is 18.1 Å². The summed E-state index contributed by atoms with van der Waals surface area (Å²) in [5, 5.41) is 8.48. The predicted molar refractivity (Wildman–Crippen MR) is 101 cm³/mol. The van der Waals surface area contributed by atoms with Crippen molar-refractivity contribution in [2.75, 3.05) is 19.3 Å².